The van der Waals surface area contributed by atoms with E-state index in [1.54, 1.807) is 18.5 Å². The van der Waals surface area contributed by atoms with Crippen LogP contribution in [-0.4, -0.2) is 27.5 Å². The molecule has 0 unspecified atom stereocenters. The summed E-state index contributed by atoms with van der Waals surface area (Å²) >= 11 is 0. The molecule has 2 aromatic heterocycles. The number of amides is 1. The standard InChI is InChI=1S/C19H18N4O2/c1-2-25-19-14(6-5-11-20-19)12-22-18(24)10-9-15-13-21-16-7-3-4-8-17(16)23-15/h3-11,13H,2,12H2,1H3,(H,22,24)/b10-9+. The average molecular weight is 334 g/mol. The van der Waals surface area contributed by atoms with Crippen LogP contribution in [0.3, 0.4) is 0 Å². The Kier molecular flexibility index (Phi) is 5.31. The van der Waals surface area contributed by atoms with Crippen molar-refractivity contribution < 1.29 is 9.53 Å². The van der Waals surface area contributed by atoms with Gasteiger partial charge < -0.3 is 10.1 Å². The summed E-state index contributed by atoms with van der Waals surface area (Å²) in [6.07, 6.45) is 6.38. The molecule has 0 radical (unpaired) electrons. The lowest BCUT2D eigenvalue weighted by molar-refractivity contribution is -0.116. The van der Waals surface area contributed by atoms with Crippen LogP contribution in [0, 0.1) is 0 Å². The third kappa shape index (κ3) is 4.38. The van der Waals surface area contributed by atoms with Crippen molar-refractivity contribution in [3.8, 4) is 5.88 Å². The van der Waals surface area contributed by atoms with Gasteiger partial charge in [0.2, 0.25) is 11.8 Å². The first kappa shape index (κ1) is 16.6. The van der Waals surface area contributed by atoms with Gasteiger partial charge in [0.25, 0.3) is 0 Å². The number of para-hydroxylation sites is 2. The summed E-state index contributed by atoms with van der Waals surface area (Å²) in [5.74, 6) is 0.316. The molecule has 6 heteroatoms. The Balaban J connectivity index is 1.62. The van der Waals surface area contributed by atoms with Gasteiger partial charge in [-0.15, -0.1) is 0 Å². The highest BCUT2D eigenvalue weighted by molar-refractivity contribution is 5.91. The number of aromatic nitrogens is 3. The van der Waals surface area contributed by atoms with Gasteiger partial charge in [0, 0.05) is 24.4 Å². The maximum absolute atomic E-state index is 12.0. The highest BCUT2D eigenvalue weighted by Gasteiger charge is 2.05. The van der Waals surface area contributed by atoms with Crippen LogP contribution in [0.2, 0.25) is 0 Å². The van der Waals surface area contributed by atoms with Crippen LogP contribution in [0.1, 0.15) is 18.2 Å². The molecule has 0 aliphatic carbocycles. The molecule has 2 heterocycles. The number of benzene rings is 1. The molecule has 3 rings (SSSR count). The maximum Gasteiger partial charge on any atom is 0.244 e. The molecular weight excluding hydrogens is 316 g/mol. The molecule has 6 nitrogen and oxygen atoms in total. The molecular formula is C19H18N4O2. The molecule has 1 aromatic carbocycles. The lowest BCUT2D eigenvalue weighted by atomic mass is 10.2. The van der Waals surface area contributed by atoms with Gasteiger partial charge in [-0.1, -0.05) is 18.2 Å². The first-order chi connectivity index (χ1) is 12.3. The minimum Gasteiger partial charge on any atom is -0.478 e. The van der Waals surface area contributed by atoms with Crippen molar-refractivity contribution in [1.29, 1.82) is 0 Å². The number of nitrogens with zero attached hydrogens (tertiary/aromatic N) is 3. The van der Waals surface area contributed by atoms with Gasteiger partial charge in [-0.05, 0) is 31.2 Å². The van der Waals surface area contributed by atoms with Gasteiger partial charge in [-0.25, -0.2) is 9.97 Å². The van der Waals surface area contributed by atoms with Gasteiger partial charge in [0.05, 0.1) is 29.5 Å². The molecule has 0 saturated carbocycles. The number of hydrogen-bond acceptors (Lipinski definition) is 5. The minimum absolute atomic E-state index is 0.221. The highest BCUT2D eigenvalue weighted by Crippen LogP contribution is 2.13. The number of carbonyl (C=O) groups excluding carboxylic acids is 1. The number of rotatable bonds is 6. The third-order valence-electron chi connectivity index (χ3n) is 3.46. The molecule has 0 aliphatic rings. The van der Waals surface area contributed by atoms with Crippen molar-refractivity contribution in [2.24, 2.45) is 0 Å². The van der Waals surface area contributed by atoms with Gasteiger partial charge in [-0.2, -0.15) is 0 Å². The molecule has 0 bridgehead atoms. The fourth-order valence-electron chi connectivity index (χ4n) is 2.28. The zero-order chi connectivity index (χ0) is 17.5. The van der Waals surface area contributed by atoms with Gasteiger partial charge in [0.1, 0.15) is 0 Å². The van der Waals surface area contributed by atoms with E-state index < -0.39 is 0 Å². The smallest absolute Gasteiger partial charge is 0.244 e. The van der Waals surface area contributed by atoms with Gasteiger partial charge in [0.15, 0.2) is 0 Å². The largest absolute Gasteiger partial charge is 0.478 e. The summed E-state index contributed by atoms with van der Waals surface area (Å²) in [6, 6.07) is 11.3. The molecule has 0 fully saturated rings. The van der Waals surface area contributed by atoms with Crippen LogP contribution in [0.15, 0.2) is 54.9 Å². The Morgan fingerprint density at radius 2 is 2.00 bits per heavy atom. The summed E-state index contributed by atoms with van der Waals surface area (Å²) in [6.45, 7) is 2.76. The Morgan fingerprint density at radius 1 is 1.16 bits per heavy atom. The minimum atomic E-state index is -0.221. The normalized spacial score (nSPS) is 10.9. The van der Waals surface area contributed by atoms with Gasteiger partial charge >= 0.3 is 0 Å². The fraction of sp³-hybridized carbons (Fsp3) is 0.158. The third-order valence-corrected chi connectivity index (χ3v) is 3.46. The van der Waals surface area contributed by atoms with Crippen molar-refractivity contribution in [1.82, 2.24) is 20.3 Å². The van der Waals surface area contributed by atoms with Crippen molar-refractivity contribution in [2.75, 3.05) is 6.61 Å². The second kappa shape index (κ2) is 8.01. The van der Waals surface area contributed by atoms with Crippen LogP contribution in [-0.2, 0) is 11.3 Å². The molecule has 126 valence electrons. The average Bonchev–Trinajstić information content (AvgIpc) is 2.66. The van der Waals surface area contributed by atoms with Crippen LogP contribution in [0.25, 0.3) is 17.1 Å². The second-order valence-electron chi connectivity index (χ2n) is 5.24. The lowest BCUT2D eigenvalue weighted by Crippen LogP contribution is -2.21. The second-order valence-corrected chi connectivity index (χ2v) is 5.24. The summed E-state index contributed by atoms with van der Waals surface area (Å²) in [5, 5.41) is 2.81. The van der Waals surface area contributed by atoms with Crippen molar-refractivity contribution >= 4 is 23.0 Å². The van der Waals surface area contributed by atoms with E-state index in [0.717, 1.165) is 16.6 Å². The zero-order valence-corrected chi connectivity index (χ0v) is 13.8. The van der Waals surface area contributed by atoms with Crippen molar-refractivity contribution in [3.05, 3.63) is 66.1 Å². The van der Waals surface area contributed by atoms with E-state index in [9.17, 15) is 4.79 Å². The van der Waals surface area contributed by atoms with E-state index in [4.69, 9.17) is 4.74 Å². The maximum atomic E-state index is 12.0. The molecule has 0 aliphatic heterocycles. The summed E-state index contributed by atoms with van der Waals surface area (Å²) in [5.41, 5.74) is 3.08. The fourth-order valence-corrected chi connectivity index (χ4v) is 2.28. The zero-order valence-electron chi connectivity index (χ0n) is 13.8. The molecule has 0 saturated heterocycles. The number of ether oxygens (including phenoxy) is 1. The number of carbonyl (C=O) groups is 1. The number of fused-ring (bicyclic) bond motifs is 1. The van der Waals surface area contributed by atoms with E-state index in [2.05, 4.69) is 20.3 Å². The van der Waals surface area contributed by atoms with Crippen molar-refractivity contribution in [2.45, 2.75) is 13.5 Å². The summed E-state index contributed by atoms with van der Waals surface area (Å²) < 4.78 is 5.44. The Hall–Kier alpha value is -3.28. The highest BCUT2D eigenvalue weighted by atomic mass is 16.5. The number of pyridine rings is 1. The Bertz CT molecular complexity index is 909. The lowest BCUT2D eigenvalue weighted by Gasteiger charge is -2.08. The van der Waals surface area contributed by atoms with Gasteiger partial charge in [-0.3, -0.25) is 9.78 Å². The van der Waals surface area contributed by atoms with Crippen LogP contribution in [0.4, 0.5) is 0 Å². The number of nitrogens with one attached hydrogen (secondary N) is 1. The quantitative estimate of drug-likeness (QED) is 0.701. The first-order valence-corrected chi connectivity index (χ1v) is 8.00. The number of hydrogen-bond donors (Lipinski definition) is 1. The molecule has 1 N–H and O–H groups in total. The summed E-state index contributed by atoms with van der Waals surface area (Å²) in [4.78, 5) is 24.9. The summed E-state index contributed by atoms with van der Waals surface area (Å²) in [7, 11) is 0. The van der Waals surface area contributed by atoms with E-state index in [-0.39, 0.29) is 5.91 Å². The SMILES string of the molecule is CCOc1ncccc1CNC(=O)/C=C/c1cnc2ccccc2n1. The Labute approximate surface area is 145 Å². The van der Waals surface area contributed by atoms with Crippen LogP contribution < -0.4 is 10.1 Å². The monoisotopic (exact) mass is 334 g/mol. The first-order valence-electron chi connectivity index (χ1n) is 8.00. The van der Waals surface area contributed by atoms with Crippen LogP contribution >= 0.6 is 0 Å². The van der Waals surface area contributed by atoms with E-state index in [0.29, 0.717) is 24.7 Å². The Morgan fingerprint density at radius 3 is 2.84 bits per heavy atom. The molecule has 25 heavy (non-hydrogen) atoms. The molecule has 0 spiro atoms. The predicted molar refractivity (Wildman–Crippen MR) is 95.8 cm³/mol. The molecule has 1 amide bonds. The van der Waals surface area contributed by atoms with Crippen LogP contribution in [0.5, 0.6) is 5.88 Å². The van der Waals surface area contributed by atoms with E-state index >= 15 is 0 Å². The van der Waals surface area contributed by atoms with Crippen molar-refractivity contribution in [3.63, 3.8) is 0 Å². The van der Waals surface area contributed by atoms with E-state index in [1.807, 2.05) is 43.3 Å². The topological polar surface area (TPSA) is 77.0 Å². The molecule has 0 atom stereocenters. The molecule has 3 aromatic rings. The predicted octanol–water partition coefficient (Wildman–Crippen LogP) is 2.75. The van der Waals surface area contributed by atoms with E-state index in [1.165, 1.54) is 6.08 Å².